The molecule has 1 aromatic heterocycles. The molecule has 0 aliphatic rings. The second-order valence-electron chi connectivity index (χ2n) is 3.12. The van der Waals surface area contributed by atoms with Crippen molar-refractivity contribution in [2.24, 2.45) is 0 Å². The van der Waals surface area contributed by atoms with Crippen molar-refractivity contribution in [2.75, 3.05) is 0 Å². The minimum absolute atomic E-state index is 0.169. The van der Waals surface area contributed by atoms with Crippen molar-refractivity contribution in [2.45, 2.75) is 0 Å². The molecule has 0 saturated carbocycles. The van der Waals surface area contributed by atoms with Crippen LogP contribution in [0, 0.1) is 5.82 Å². The van der Waals surface area contributed by atoms with E-state index in [0.29, 0.717) is 15.2 Å². The molecular formula is C11H5BrCl2FNO. The summed E-state index contributed by atoms with van der Waals surface area (Å²) < 4.78 is 19.0. The Morgan fingerprint density at radius 2 is 2.00 bits per heavy atom. The van der Waals surface area contributed by atoms with E-state index in [1.807, 2.05) is 0 Å². The van der Waals surface area contributed by atoms with E-state index in [4.69, 9.17) is 27.9 Å². The SMILES string of the molecule is Fc1ccc(Br)c(Oc2ncc(Cl)cc2Cl)c1. The van der Waals surface area contributed by atoms with Crippen molar-refractivity contribution in [3.05, 3.63) is 50.8 Å². The molecule has 1 aromatic carbocycles. The lowest BCUT2D eigenvalue weighted by atomic mass is 10.3. The fourth-order valence-electron chi connectivity index (χ4n) is 1.14. The van der Waals surface area contributed by atoms with Crippen molar-refractivity contribution < 1.29 is 9.13 Å². The predicted molar refractivity (Wildman–Crippen MR) is 68.4 cm³/mol. The highest BCUT2D eigenvalue weighted by atomic mass is 79.9. The van der Waals surface area contributed by atoms with Crippen LogP contribution in [-0.2, 0) is 0 Å². The van der Waals surface area contributed by atoms with Gasteiger partial charge in [-0.3, -0.25) is 0 Å². The van der Waals surface area contributed by atoms with Crippen molar-refractivity contribution in [3.63, 3.8) is 0 Å². The Bertz CT molecular complexity index is 565. The van der Waals surface area contributed by atoms with Crippen molar-refractivity contribution in [1.82, 2.24) is 4.98 Å². The summed E-state index contributed by atoms with van der Waals surface area (Å²) in [5, 5.41) is 0.661. The lowest BCUT2D eigenvalue weighted by molar-refractivity contribution is 0.455. The molecule has 0 bridgehead atoms. The molecule has 2 rings (SSSR count). The number of pyridine rings is 1. The number of rotatable bonds is 2. The largest absolute Gasteiger partial charge is 0.436 e. The van der Waals surface area contributed by atoms with E-state index in [9.17, 15) is 4.39 Å². The number of nitrogens with zero attached hydrogens (tertiary/aromatic N) is 1. The van der Waals surface area contributed by atoms with Gasteiger partial charge >= 0.3 is 0 Å². The summed E-state index contributed by atoms with van der Waals surface area (Å²) in [6.07, 6.45) is 1.40. The van der Waals surface area contributed by atoms with Crippen molar-refractivity contribution in [3.8, 4) is 11.6 Å². The van der Waals surface area contributed by atoms with Crippen LogP contribution in [0.2, 0.25) is 10.0 Å². The zero-order valence-electron chi connectivity index (χ0n) is 8.25. The Morgan fingerprint density at radius 3 is 2.71 bits per heavy atom. The first-order valence-electron chi connectivity index (χ1n) is 4.50. The van der Waals surface area contributed by atoms with Gasteiger partial charge in [0.2, 0.25) is 5.88 Å². The van der Waals surface area contributed by atoms with E-state index >= 15 is 0 Å². The molecule has 0 aliphatic carbocycles. The summed E-state index contributed by atoms with van der Waals surface area (Å²) in [6.45, 7) is 0. The molecule has 0 aliphatic heterocycles. The molecule has 0 saturated heterocycles. The van der Waals surface area contributed by atoms with Gasteiger partial charge in [0.1, 0.15) is 16.6 Å². The Balaban J connectivity index is 2.34. The molecule has 0 N–H and O–H groups in total. The lowest BCUT2D eigenvalue weighted by Gasteiger charge is -2.08. The highest BCUT2D eigenvalue weighted by molar-refractivity contribution is 9.10. The highest BCUT2D eigenvalue weighted by Crippen LogP contribution is 2.33. The molecule has 2 aromatic rings. The zero-order chi connectivity index (χ0) is 12.4. The molecule has 1 heterocycles. The summed E-state index contributed by atoms with van der Waals surface area (Å²) in [7, 11) is 0. The molecule has 0 spiro atoms. The van der Waals surface area contributed by atoms with E-state index in [0.717, 1.165) is 0 Å². The van der Waals surface area contributed by atoms with E-state index < -0.39 is 5.82 Å². The third kappa shape index (κ3) is 3.09. The fourth-order valence-corrected chi connectivity index (χ4v) is 1.88. The second-order valence-corrected chi connectivity index (χ2v) is 4.82. The minimum Gasteiger partial charge on any atom is -0.436 e. The predicted octanol–water partition coefficient (Wildman–Crippen LogP) is 5.08. The standard InChI is InChI=1S/C11H5BrCl2FNO/c12-8-2-1-7(15)4-10(8)17-11-9(14)3-6(13)5-16-11/h1-5H. The van der Waals surface area contributed by atoms with Gasteiger partial charge in [0.15, 0.2) is 0 Å². The number of aromatic nitrogens is 1. The Kier molecular flexibility index (Phi) is 3.86. The van der Waals surface area contributed by atoms with Gasteiger partial charge in [0.25, 0.3) is 0 Å². The van der Waals surface area contributed by atoms with Crippen LogP contribution >= 0.6 is 39.1 Å². The first-order chi connectivity index (χ1) is 8.06. The number of halogens is 4. The van der Waals surface area contributed by atoms with Crippen LogP contribution < -0.4 is 4.74 Å². The monoisotopic (exact) mass is 335 g/mol. The number of ether oxygens (including phenoxy) is 1. The van der Waals surface area contributed by atoms with E-state index in [1.54, 1.807) is 0 Å². The first kappa shape index (κ1) is 12.6. The van der Waals surface area contributed by atoms with Crippen LogP contribution in [0.3, 0.4) is 0 Å². The van der Waals surface area contributed by atoms with E-state index in [2.05, 4.69) is 20.9 Å². The van der Waals surface area contributed by atoms with Crippen LogP contribution in [0.1, 0.15) is 0 Å². The number of hydrogen-bond donors (Lipinski definition) is 0. The molecule has 0 radical (unpaired) electrons. The Hall–Kier alpha value is -0.840. The molecule has 0 unspecified atom stereocenters. The van der Waals surface area contributed by atoms with Crippen LogP contribution in [0.15, 0.2) is 34.9 Å². The maximum atomic E-state index is 13.0. The van der Waals surface area contributed by atoms with Gasteiger partial charge < -0.3 is 4.74 Å². The fraction of sp³-hybridized carbons (Fsp3) is 0. The molecule has 17 heavy (non-hydrogen) atoms. The third-order valence-electron chi connectivity index (χ3n) is 1.87. The van der Waals surface area contributed by atoms with Crippen LogP contribution in [-0.4, -0.2) is 4.98 Å². The third-order valence-corrected chi connectivity index (χ3v) is 3.01. The maximum absolute atomic E-state index is 13.0. The van der Waals surface area contributed by atoms with Gasteiger partial charge in [-0.15, -0.1) is 0 Å². The first-order valence-corrected chi connectivity index (χ1v) is 6.05. The lowest BCUT2D eigenvalue weighted by Crippen LogP contribution is -1.90. The normalized spacial score (nSPS) is 10.4. The van der Waals surface area contributed by atoms with E-state index in [1.165, 1.54) is 30.5 Å². The summed E-state index contributed by atoms with van der Waals surface area (Å²) in [4.78, 5) is 3.91. The second kappa shape index (κ2) is 5.21. The molecule has 2 nitrogen and oxygen atoms in total. The molecule has 88 valence electrons. The van der Waals surface area contributed by atoms with Gasteiger partial charge in [-0.25, -0.2) is 9.37 Å². The van der Waals surface area contributed by atoms with Gasteiger partial charge in [0, 0.05) is 12.3 Å². The average molecular weight is 337 g/mol. The zero-order valence-corrected chi connectivity index (χ0v) is 11.4. The average Bonchev–Trinajstić information content (AvgIpc) is 2.27. The van der Waals surface area contributed by atoms with Gasteiger partial charge in [-0.1, -0.05) is 23.2 Å². The quantitative estimate of drug-likeness (QED) is 0.762. The molecular weight excluding hydrogens is 332 g/mol. The smallest absolute Gasteiger partial charge is 0.238 e. The van der Waals surface area contributed by atoms with Crippen molar-refractivity contribution in [1.29, 1.82) is 0 Å². The van der Waals surface area contributed by atoms with Gasteiger partial charge in [-0.05, 0) is 34.1 Å². The summed E-state index contributed by atoms with van der Waals surface area (Å²) >= 11 is 14.8. The van der Waals surface area contributed by atoms with Crippen LogP contribution in [0.5, 0.6) is 11.6 Å². The Morgan fingerprint density at radius 1 is 1.24 bits per heavy atom. The topological polar surface area (TPSA) is 22.1 Å². The summed E-state index contributed by atoms with van der Waals surface area (Å²) in [5.41, 5.74) is 0. The summed E-state index contributed by atoms with van der Waals surface area (Å²) in [5.74, 6) is 0.0531. The van der Waals surface area contributed by atoms with E-state index in [-0.39, 0.29) is 10.9 Å². The van der Waals surface area contributed by atoms with Gasteiger partial charge in [0.05, 0.1) is 9.50 Å². The number of benzene rings is 1. The summed E-state index contributed by atoms with van der Waals surface area (Å²) in [6, 6.07) is 5.58. The molecule has 0 atom stereocenters. The van der Waals surface area contributed by atoms with Crippen LogP contribution in [0.25, 0.3) is 0 Å². The molecule has 6 heteroatoms. The maximum Gasteiger partial charge on any atom is 0.238 e. The highest BCUT2D eigenvalue weighted by Gasteiger charge is 2.09. The minimum atomic E-state index is -0.409. The van der Waals surface area contributed by atoms with Gasteiger partial charge in [-0.2, -0.15) is 0 Å². The Labute approximate surface area is 115 Å². The molecule has 0 fully saturated rings. The molecule has 0 amide bonds. The van der Waals surface area contributed by atoms with Crippen molar-refractivity contribution >= 4 is 39.1 Å². The van der Waals surface area contributed by atoms with Crippen LogP contribution in [0.4, 0.5) is 4.39 Å². The number of hydrogen-bond acceptors (Lipinski definition) is 2.